The van der Waals surface area contributed by atoms with E-state index in [1.165, 1.54) is 19.1 Å². The number of hydrogen-bond acceptors (Lipinski definition) is 5. The van der Waals surface area contributed by atoms with E-state index in [2.05, 4.69) is 0 Å². The third-order valence-corrected chi connectivity index (χ3v) is 7.54. The van der Waals surface area contributed by atoms with Crippen LogP contribution in [0.1, 0.15) is 123 Å². The quantitative estimate of drug-likeness (QED) is 0.496. The number of hydrogen-bond donors (Lipinski definition) is 1. The van der Waals surface area contributed by atoms with Gasteiger partial charge >= 0.3 is 12.1 Å². The molecule has 5 nitrogen and oxygen atoms in total. The highest BCUT2D eigenvalue weighted by molar-refractivity contribution is 5.66. The Kier molecular flexibility index (Phi) is 5.95. The van der Waals surface area contributed by atoms with E-state index in [9.17, 15) is 23.1 Å². The molecule has 2 aromatic rings. The maximum Gasteiger partial charge on any atom is 0.416 e. The fraction of sp³-hybridized carbons (Fsp3) is 0.556. The molecule has 0 unspecified atom stereocenters. The largest absolute Gasteiger partial charge is 0.456 e. The first kappa shape index (κ1) is 24.3. The van der Waals surface area contributed by atoms with Gasteiger partial charge in [0.1, 0.15) is 12.2 Å². The number of benzene rings is 1. The Morgan fingerprint density at radius 1 is 1.14 bits per heavy atom. The summed E-state index contributed by atoms with van der Waals surface area (Å²) in [5.41, 5.74) is 3.09. The van der Waals surface area contributed by atoms with E-state index in [0.29, 0.717) is 29.7 Å². The lowest BCUT2D eigenvalue weighted by atomic mass is 9.77. The molecule has 1 saturated carbocycles. The van der Waals surface area contributed by atoms with Crippen LogP contribution in [0.3, 0.4) is 0 Å². The lowest BCUT2D eigenvalue weighted by Crippen LogP contribution is -2.29. The Morgan fingerprint density at radius 2 is 1.80 bits per heavy atom. The molecule has 0 radical (unpaired) electrons. The fourth-order valence-corrected chi connectivity index (χ4v) is 6.07. The second kappa shape index (κ2) is 8.59. The molecule has 1 aromatic heterocycles. The number of carbonyl (C=O) groups is 1. The summed E-state index contributed by atoms with van der Waals surface area (Å²) >= 11 is 0. The van der Waals surface area contributed by atoms with E-state index in [4.69, 9.17) is 14.5 Å². The number of aliphatic hydroxyl groups excluding tert-OH is 1. The van der Waals surface area contributed by atoms with Crippen molar-refractivity contribution in [1.29, 1.82) is 0 Å². The summed E-state index contributed by atoms with van der Waals surface area (Å²) in [7, 11) is 0. The van der Waals surface area contributed by atoms with Gasteiger partial charge in [0, 0.05) is 23.7 Å². The van der Waals surface area contributed by atoms with Gasteiger partial charge in [-0.15, -0.1) is 0 Å². The van der Waals surface area contributed by atoms with Crippen LogP contribution in [0.2, 0.25) is 0 Å². The third kappa shape index (κ3) is 4.04. The van der Waals surface area contributed by atoms with Gasteiger partial charge in [-0.3, -0.25) is 9.78 Å². The van der Waals surface area contributed by atoms with E-state index in [1.54, 1.807) is 0 Å². The Morgan fingerprint density at radius 3 is 2.37 bits per heavy atom. The molecule has 2 heterocycles. The lowest BCUT2D eigenvalue weighted by Gasteiger charge is -2.34. The van der Waals surface area contributed by atoms with Gasteiger partial charge in [0.15, 0.2) is 0 Å². The number of halogens is 3. The molecule has 8 heteroatoms. The molecule has 1 aromatic carbocycles. The maximum atomic E-state index is 13.2. The van der Waals surface area contributed by atoms with Crippen LogP contribution in [-0.2, 0) is 26.0 Å². The van der Waals surface area contributed by atoms with Crippen molar-refractivity contribution in [1.82, 2.24) is 4.98 Å². The first-order chi connectivity index (χ1) is 16.5. The zero-order valence-electron chi connectivity index (χ0n) is 20.1. The summed E-state index contributed by atoms with van der Waals surface area (Å²) < 4.78 is 52.0. The highest BCUT2D eigenvalue weighted by Crippen LogP contribution is 2.59. The van der Waals surface area contributed by atoms with Crippen LogP contribution in [0.15, 0.2) is 24.3 Å². The number of esters is 1. The van der Waals surface area contributed by atoms with Crippen LogP contribution < -0.4 is 0 Å². The number of ether oxygens (including phenoxy) is 2. The van der Waals surface area contributed by atoms with E-state index in [0.717, 1.165) is 54.6 Å². The Bertz CT molecular complexity index is 1140. The van der Waals surface area contributed by atoms with E-state index < -0.39 is 41.6 Å². The summed E-state index contributed by atoms with van der Waals surface area (Å²) in [6.45, 7) is 5.39. The Labute approximate surface area is 202 Å². The molecule has 0 saturated heterocycles. The number of pyridine rings is 1. The second-order valence-electron chi connectivity index (χ2n) is 10.2. The summed E-state index contributed by atoms with van der Waals surface area (Å²) in [6.07, 6.45) is -1.97. The molecule has 2 aliphatic carbocycles. The number of rotatable bonds is 3. The van der Waals surface area contributed by atoms with E-state index in [1.807, 2.05) is 13.8 Å². The van der Waals surface area contributed by atoms with Crippen molar-refractivity contribution in [3.05, 3.63) is 63.5 Å². The molecule has 3 aliphatic rings. The van der Waals surface area contributed by atoms with Crippen molar-refractivity contribution in [2.45, 2.75) is 95.3 Å². The first-order valence-corrected chi connectivity index (χ1v) is 12.3. The predicted octanol–water partition coefficient (Wildman–Crippen LogP) is 6.54. The van der Waals surface area contributed by atoms with Crippen molar-refractivity contribution in [3.8, 4) is 0 Å². The molecule has 5 rings (SSSR count). The molecule has 3 atom stereocenters. The van der Waals surface area contributed by atoms with Crippen LogP contribution >= 0.6 is 0 Å². The third-order valence-electron chi connectivity index (χ3n) is 7.54. The van der Waals surface area contributed by atoms with Gasteiger partial charge in [-0.2, -0.15) is 13.2 Å². The van der Waals surface area contributed by atoms with Crippen LogP contribution in [0.25, 0.3) is 0 Å². The van der Waals surface area contributed by atoms with Crippen LogP contribution in [0.4, 0.5) is 13.2 Å². The normalized spacial score (nSPS) is 25.1. The van der Waals surface area contributed by atoms with Gasteiger partial charge in [0.2, 0.25) is 0 Å². The average Bonchev–Trinajstić information content (AvgIpc) is 3.40. The number of aromatic nitrogens is 1. The average molecular weight is 490 g/mol. The summed E-state index contributed by atoms with van der Waals surface area (Å²) in [4.78, 5) is 16.8. The fourth-order valence-electron chi connectivity index (χ4n) is 6.07. The molecular weight excluding hydrogens is 459 g/mol. The van der Waals surface area contributed by atoms with E-state index >= 15 is 0 Å². The minimum Gasteiger partial charge on any atom is -0.456 e. The second-order valence-corrected chi connectivity index (χ2v) is 10.2. The van der Waals surface area contributed by atoms with E-state index in [-0.39, 0.29) is 5.92 Å². The number of alkyl halides is 3. The van der Waals surface area contributed by atoms with Gasteiger partial charge < -0.3 is 14.6 Å². The van der Waals surface area contributed by atoms with Crippen LogP contribution in [0.5, 0.6) is 0 Å². The van der Waals surface area contributed by atoms with Gasteiger partial charge in [-0.25, -0.2) is 0 Å². The predicted molar refractivity (Wildman–Crippen MR) is 122 cm³/mol. The molecule has 0 amide bonds. The number of nitrogens with zero attached hydrogens (tertiary/aromatic N) is 1. The van der Waals surface area contributed by atoms with Crippen molar-refractivity contribution in [2.75, 3.05) is 0 Å². The Balaban J connectivity index is 1.74. The van der Waals surface area contributed by atoms with Crippen molar-refractivity contribution < 1.29 is 32.5 Å². The summed E-state index contributed by atoms with van der Waals surface area (Å²) in [5.74, 6) is -0.414. The summed E-state index contributed by atoms with van der Waals surface area (Å²) in [6, 6.07) is 5.13. The van der Waals surface area contributed by atoms with Gasteiger partial charge in [-0.1, -0.05) is 38.8 Å². The molecule has 1 spiro atoms. The SMILES string of the molecule is CC(=O)O[C@@H]1CC[C@H](O)c2c1nc(C(C)C)c1c2C2(CCCC2)O[C@@H]1c1ccc(C(F)(F)F)cc1. The highest BCUT2D eigenvalue weighted by atomic mass is 19.4. The molecule has 1 fully saturated rings. The zero-order chi connectivity index (χ0) is 25.1. The minimum absolute atomic E-state index is 0.0109. The van der Waals surface area contributed by atoms with Crippen LogP contribution in [0, 0.1) is 0 Å². The lowest BCUT2D eigenvalue weighted by molar-refractivity contribution is -0.148. The number of fused-ring (bicyclic) bond motifs is 4. The monoisotopic (exact) mass is 489 g/mol. The van der Waals surface area contributed by atoms with Gasteiger partial charge in [0.25, 0.3) is 0 Å². The number of aliphatic hydroxyl groups is 1. The molecular formula is C27H30F3NO4. The summed E-state index contributed by atoms with van der Waals surface area (Å²) in [5, 5.41) is 11.2. The Hall–Kier alpha value is -2.45. The van der Waals surface area contributed by atoms with Crippen molar-refractivity contribution >= 4 is 5.97 Å². The van der Waals surface area contributed by atoms with Gasteiger partial charge in [-0.05, 0) is 54.9 Å². The minimum atomic E-state index is -4.42. The molecule has 1 aliphatic heterocycles. The number of carbonyl (C=O) groups excluding carboxylic acids is 1. The molecule has 35 heavy (non-hydrogen) atoms. The highest BCUT2D eigenvalue weighted by Gasteiger charge is 2.52. The molecule has 0 bridgehead atoms. The van der Waals surface area contributed by atoms with Crippen LogP contribution in [-0.4, -0.2) is 16.1 Å². The molecule has 1 N–H and O–H groups in total. The van der Waals surface area contributed by atoms with Crippen molar-refractivity contribution in [3.63, 3.8) is 0 Å². The standard InChI is InChI=1S/C27H30F3NO4/c1-14(2)23-21-22(20-18(33)10-11-19(24(20)31-23)34-15(3)32)26(12-4-5-13-26)35-25(21)16-6-8-17(9-7-16)27(28,29)30/h6-9,14,18-19,25,33H,4-5,10-13H2,1-3H3/t18-,19+,25+/m0/s1. The smallest absolute Gasteiger partial charge is 0.416 e. The van der Waals surface area contributed by atoms with Gasteiger partial charge in [0.05, 0.1) is 23.0 Å². The molecule has 188 valence electrons. The topological polar surface area (TPSA) is 68.7 Å². The maximum absolute atomic E-state index is 13.2. The van der Waals surface area contributed by atoms with Crippen molar-refractivity contribution in [2.24, 2.45) is 0 Å². The first-order valence-electron chi connectivity index (χ1n) is 12.3. The zero-order valence-corrected chi connectivity index (χ0v) is 20.1.